The highest BCUT2D eigenvalue weighted by Crippen LogP contribution is 2.38. The number of halogens is 1. The topological polar surface area (TPSA) is 27.1 Å². The molecule has 2 aromatic heterocycles. The average molecular weight is 436 g/mol. The molecule has 0 bridgehead atoms. The summed E-state index contributed by atoms with van der Waals surface area (Å²) in [6.45, 7) is -2.38. The molecule has 0 aliphatic heterocycles. The number of hydrogen-bond acceptors (Lipinski definition) is 2. The lowest BCUT2D eigenvalue weighted by atomic mass is 10.1. The lowest BCUT2D eigenvalue weighted by molar-refractivity contribution is 0.486. The van der Waals surface area contributed by atoms with Crippen LogP contribution in [0.15, 0.2) is 89.4 Å². The van der Waals surface area contributed by atoms with Crippen LogP contribution in [0.2, 0.25) is 0 Å². The van der Waals surface area contributed by atoms with E-state index in [4.69, 9.17) is 14.3 Å². The normalized spacial score (nSPS) is 15.2. The Morgan fingerprint density at radius 1 is 1.04 bits per heavy atom. The number of benzene rings is 3. The highest BCUT2D eigenvalue weighted by Gasteiger charge is 2.17. The molecular formula is C24H17BrN2O. The van der Waals surface area contributed by atoms with Crippen molar-refractivity contribution >= 4 is 37.7 Å². The minimum absolute atomic E-state index is 0.0590. The zero-order chi connectivity index (χ0) is 25.1. The number of aromatic nitrogens is 2. The van der Waals surface area contributed by atoms with E-state index in [-0.39, 0.29) is 35.0 Å². The molecule has 0 atom stereocenters. The Morgan fingerprint density at radius 3 is 2.82 bits per heavy atom. The number of hydrogen-bond donors (Lipinski definition) is 0. The molecule has 0 spiro atoms. The Hall–Kier alpha value is -3.11. The number of para-hydroxylation sites is 2. The van der Waals surface area contributed by atoms with Crippen LogP contribution in [-0.4, -0.2) is 9.55 Å². The largest absolute Gasteiger partial charge is 0.455 e. The molecule has 2 heterocycles. The molecule has 0 amide bonds. The standard InChI is InChI=1S/C24H17BrN2O/c1-16-12-13-26-23(14-16)27-21-10-3-2-8-19(21)20-9-5-11-22(24(20)27)28-18-7-4-6-17(25)15-18/h2-15H,1H3/i1D3,2D,3D,8D,10D. The van der Waals surface area contributed by atoms with Gasteiger partial charge < -0.3 is 4.74 Å². The van der Waals surface area contributed by atoms with Crippen LogP contribution < -0.4 is 4.74 Å². The molecule has 0 unspecified atom stereocenters. The van der Waals surface area contributed by atoms with Crippen LogP contribution in [0.5, 0.6) is 11.5 Å². The summed E-state index contributed by atoms with van der Waals surface area (Å²) < 4.78 is 65.7. The van der Waals surface area contributed by atoms with Gasteiger partial charge in [-0.1, -0.05) is 52.3 Å². The predicted octanol–water partition coefficient (Wildman–Crippen LogP) is 7.04. The van der Waals surface area contributed by atoms with E-state index in [9.17, 15) is 0 Å². The van der Waals surface area contributed by atoms with E-state index in [1.165, 1.54) is 18.3 Å². The smallest absolute Gasteiger partial charge is 0.152 e. The fraction of sp³-hybridized carbons (Fsp3) is 0.0417. The van der Waals surface area contributed by atoms with Gasteiger partial charge in [0, 0.05) is 25.6 Å². The SMILES string of the molecule is [2H]c1c([2H])c([2H])c2c(c1[2H])c1cccc(Oc3cccc(Br)c3)c1n2-c1cc(C([2H])([2H])[2H])ccn1. The van der Waals surface area contributed by atoms with Gasteiger partial charge in [-0.15, -0.1) is 0 Å². The Morgan fingerprint density at radius 2 is 1.93 bits per heavy atom. The summed E-state index contributed by atoms with van der Waals surface area (Å²) in [5, 5.41) is 0.826. The molecule has 0 saturated carbocycles. The zero-order valence-electron chi connectivity index (χ0n) is 21.5. The molecule has 4 heteroatoms. The summed E-state index contributed by atoms with van der Waals surface area (Å²) in [4.78, 5) is 4.38. The van der Waals surface area contributed by atoms with Crippen LogP contribution in [0.25, 0.3) is 27.6 Å². The van der Waals surface area contributed by atoms with Gasteiger partial charge in [-0.2, -0.15) is 0 Å². The average Bonchev–Trinajstić information content (AvgIpc) is 3.17. The summed E-state index contributed by atoms with van der Waals surface area (Å²) in [6, 6.07) is 14.1. The number of ether oxygens (including phenoxy) is 1. The highest BCUT2D eigenvalue weighted by molar-refractivity contribution is 9.10. The molecular weight excluding hydrogens is 412 g/mol. The van der Waals surface area contributed by atoms with Gasteiger partial charge in [-0.3, -0.25) is 4.57 Å². The molecule has 0 aliphatic rings. The summed E-state index contributed by atoms with van der Waals surface area (Å²) in [6.07, 6.45) is 1.37. The molecule has 3 aromatic carbocycles. The van der Waals surface area contributed by atoms with Crippen molar-refractivity contribution in [2.45, 2.75) is 6.85 Å². The van der Waals surface area contributed by atoms with Crippen LogP contribution in [0.1, 0.15) is 15.2 Å². The maximum Gasteiger partial charge on any atom is 0.152 e. The molecule has 136 valence electrons. The Bertz CT molecular complexity index is 1630. The fourth-order valence-corrected chi connectivity index (χ4v) is 3.62. The first-order chi connectivity index (χ1) is 16.6. The van der Waals surface area contributed by atoms with E-state index in [2.05, 4.69) is 20.9 Å². The number of fused-ring (bicyclic) bond motifs is 3. The second kappa shape index (κ2) is 6.80. The first kappa shape index (κ1) is 11.0. The van der Waals surface area contributed by atoms with Gasteiger partial charge in [-0.05, 0) is 54.9 Å². The number of rotatable bonds is 3. The fourth-order valence-electron chi connectivity index (χ4n) is 3.24. The zero-order valence-corrected chi connectivity index (χ0v) is 16.0. The number of nitrogens with zero attached hydrogens (tertiary/aromatic N) is 2. The molecule has 5 rings (SSSR count). The molecule has 0 aliphatic carbocycles. The minimum Gasteiger partial charge on any atom is -0.455 e. The van der Waals surface area contributed by atoms with Crippen molar-refractivity contribution in [2.75, 3.05) is 0 Å². The molecule has 0 fully saturated rings. The summed E-state index contributed by atoms with van der Waals surface area (Å²) in [5.41, 5.74) is 0.694. The molecule has 0 saturated heterocycles. The summed E-state index contributed by atoms with van der Waals surface area (Å²) >= 11 is 3.43. The van der Waals surface area contributed by atoms with Gasteiger partial charge in [0.2, 0.25) is 0 Å². The van der Waals surface area contributed by atoms with Crippen molar-refractivity contribution in [3.8, 4) is 17.3 Å². The monoisotopic (exact) mass is 435 g/mol. The maximum atomic E-state index is 8.65. The van der Waals surface area contributed by atoms with Crippen molar-refractivity contribution in [1.82, 2.24) is 9.55 Å². The van der Waals surface area contributed by atoms with Gasteiger partial charge in [0.25, 0.3) is 0 Å². The predicted molar refractivity (Wildman–Crippen MR) is 118 cm³/mol. The van der Waals surface area contributed by atoms with Crippen molar-refractivity contribution in [3.63, 3.8) is 0 Å². The van der Waals surface area contributed by atoms with Crippen LogP contribution >= 0.6 is 15.9 Å². The minimum atomic E-state index is -2.38. The second-order valence-corrected chi connectivity index (χ2v) is 7.09. The first-order valence-electron chi connectivity index (χ1n) is 12.0. The number of pyridine rings is 1. The van der Waals surface area contributed by atoms with Crippen molar-refractivity contribution < 1.29 is 14.3 Å². The second-order valence-electron chi connectivity index (χ2n) is 6.17. The Kier molecular flexibility index (Phi) is 2.68. The van der Waals surface area contributed by atoms with E-state index in [0.717, 1.165) is 4.47 Å². The van der Waals surface area contributed by atoms with Crippen molar-refractivity contribution in [1.29, 1.82) is 0 Å². The van der Waals surface area contributed by atoms with Gasteiger partial charge in [-0.25, -0.2) is 4.98 Å². The molecule has 0 N–H and O–H groups in total. The van der Waals surface area contributed by atoms with Crippen molar-refractivity contribution in [2.24, 2.45) is 0 Å². The Labute approximate surface area is 181 Å². The van der Waals surface area contributed by atoms with Gasteiger partial charge in [0.05, 0.1) is 16.5 Å². The summed E-state index contributed by atoms with van der Waals surface area (Å²) in [5.74, 6) is 1.12. The van der Waals surface area contributed by atoms with Crippen LogP contribution in [0.3, 0.4) is 0 Å². The van der Waals surface area contributed by atoms with Crippen LogP contribution in [0, 0.1) is 6.85 Å². The van der Waals surface area contributed by atoms with E-state index < -0.39 is 12.9 Å². The molecule has 28 heavy (non-hydrogen) atoms. The van der Waals surface area contributed by atoms with Crippen LogP contribution in [-0.2, 0) is 0 Å². The quantitative estimate of drug-likeness (QED) is 0.303. The van der Waals surface area contributed by atoms with Gasteiger partial charge in [0.15, 0.2) is 5.75 Å². The first-order valence-corrected chi connectivity index (χ1v) is 9.31. The maximum absolute atomic E-state index is 8.65. The third kappa shape index (κ3) is 2.86. The highest BCUT2D eigenvalue weighted by atomic mass is 79.9. The van der Waals surface area contributed by atoms with Gasteiger partial charge >= 0.3 is 0 Å². The molecule has 0 radical (unpaired) electrons. The van der Waals surface area contributed by atoms with Crippen LogP contribution in [0.4, 0.5) is 0 Å². The van der Waals surface area contributed by atoms with E-state index in [1.807, 2.05) is 12.1 Å². The third-order valence-corrected chi connectivity index (χ3v) is 4.88. The Balaban J connectivity index is 1.93. The number of aryl methyl sites for hydroxylation is 1. The molecule has 3 nitrogen and oxygen atoms in total. The van der Waals surface area contributed by atoms with E-state index >= 15 is 0 Å². The van der Waals surface area contributed by atoms with E-state index in [1.54, 1.807) is 34.9 Å². The lowest BCUT2D eigenvalue weighted by Gasteiger charge is -2.12. The van der Waals surface area contributed by atoms with Gasteiger partial charge in [0.1, 0.15) is 11.6 Å². The van der Waals surface area contributed by atoms with E-state index in [0.29, 0.717) is 27.8 Å². The van der Waals surface area contributed by atoms with Crippen molar-refractivity contribution in [3.05, 3.63) is 95.0 Å². The lowest BCUT2D eigenvalue weighted by Crippen LogP contribution is -1.99. The summed E-state index contributed by atoms with van der Waals surface area (Å²) in [7, 11) is 0. The molecule has 5 aromatic rings. The third-order valence-electron chi connectivity index (χ3n) is 4.38.